The number of anilines is 1. The summed E-state index contributed by atoms with van der Waals surface area (Å²) in [7, 11) is 1.64. The van der Waals surface area contributed by atoms with Gasteiger partial charge in [-0.25, -0.2) is 8.78 Å². The minimum Gasteiger partial charge on any atom is -0.384 e. The van der Waals surface area contributed by atoms with Crippen molar-refractivity contribution < 1.29 is 8.78 Å². The van der Waals surface area contributed by atoms with Crippen LogP contribution in [0.3, 0.4) is 0 Å². The molecular weight excluding hydrogens is 244 g/mol. The molecule has 90 valence electrons. The number of hydrogen-bond donors (Lipinski definition) is 1. The first-order chi connectivity index (χ1) is 8.02. The molecule has 0 aliphatic heterocycles. The highest BCUT2D eigenvalue weighted by atomic mass is 32.2. The van der Waals surface area contributed by atoms with Crippen molar-refractivity contribution >= 4 is 17.6 Å². The van der Waals surface area contributed by atoms with E-state index in [1.165, 1.54) is 16.8 Å². The average Bonchev–Trinajstić information content (AvgIpc) is 2.61. The summed E-state index contributed by atoms with van der Waals surface area (Å²) in [5, 5.41) is 4.02. The first kappa shape index (κ1) is 11.9. The molecule has 1 aromatic heterocycles. The van der Waals surface area contributed by atoms with Crippen molar-refractivity contribution in [1.29, 1.82) is 0 Å². The molecule has 0 radical (unpaired) electrons. The summed E-state index contributed by atoms with van der Waals surface area (Å²) in [5.41, 5.74) is 6.05. The lowest BCUT2D eigenvalue weighted by atomic mass is 10.1. The Labute approximate surface area is 102 Å². The zero-order valence-electron chi connectivity index (χ0n) is 9.37. The van der Waals surface area contributed by atoms with Gasteiger partial charge >= 0.3 is 0 Å². The van der Waals surface area contributed by atoms with Gasteiger partial charge in [0.25, 0.3) is 0 Å². The largest absolute Gasteiger partial charge is 0.384 e. The van der Waals surface area contributed by atoms with E-state index in [1.54, 1.807) is 13.3 Å². The number of aromatic nitrogens is 2. The van der Waals surface area contributed by atoms with Crippen molar-refractivity contribution in [3.8, 4) is 11.3 Å². The molecule has 0 atom stereocenters. The van der Waals surface area contributed by atoms with Crippen molar-refractivity contribution in [3.05, 3.63) is 29.8 Å². The number of thioether (sulfide) groups is 1. The molecule has 1 aromatic carbocycles. The maximum atomic E-state index is 13.8. The van der Waals surface area contributed by atoms with Crippen molar-refractivity contribution in [3.63, 3.8) is 0 Å². The first-order valence-electron chi connectivity index (χ1n) is 4.86. The molecule has 0 fully saturated rings. The second kappa shape index (κ2) is 4.37. The predicted molar refractivity (Wildman–Crippen MR) is 64.8 cm³/mol. The molecule has 0 aliphatic rings. The summed E-state index contributed by atoms with van der Waals surface area (Å²) in [4.78, 5) is 0.273. The Kier molecular flexibility index (Phi) is 3.06. The van der Waals surface area contributed by atoms with Crippen LogP contribution < -0.4 is 5.73 Å². The van der Waals surface area contributed by atoms with E-state index < -0.39 is 11.6 Å². The van der Waals surface area contributed by atoms with Gasteiger partial charge in [0, 0.05) is 23.6 Å². The minimum absolute atomic E-state index is 0.118. The lowest BCUT2D eigenvalue weighted by Gasteiger charge is -2.03. The molecule has 2 rings (SSSR count). The zero-order valence-corrected chi connectivity index (χ0v) is 10.2. The summed E-state index contributed by atoms with van der Waals surface area (Å²) >= 11 is 1.16. The molecule has 6 heteroatoms. The Morgan fingerprint density at radius 3 is 2.47 bits per heavy atom. The van der Waals surface area contributed by atoms with E-state index in [-0.39, 0.29) is 10.5 Å². The van der Waals surface area contributed by atoms with Crippen LogP contribution >= 0.6 is 11.8 Å². The summed E-state index contributed by atoms with van der Waals surface area (Å²) in [6.45, 7) is 0. The number of rotatable bonds is 2. The predicted octanol–water partition coefficient (Wildman–Crippen LogP) is 2.67. The number of nitrogens with zero attached hydrogens (tertiary/aromatic N) is 2. The SMILES string of the molecule is CSc1cc(F)c(-c2cc(N)n(C)n2)cc1F. The van der Waals surface area contributed by atoms with Crippen LogP contribution in [0, 0.1) is 11.6 Å². The molecule has 0 spiro atoms. The van der Waals surface area contributed by atoms with Crippen LogP contribution in [0.15, 0.2) is 23.1 Å². The number of benzene rings is 1. The van der Waals surface area contributed by atoms with Crippen LogP contribution in [0.25, 0.3) is 11.3 Å². The summed E-state index contributed by atoms with van der Waals surface area (Å²) < 4.78 is 28.8. The summed E-state index contributed by atoms with van der Waals surface area (Å²) in [5.74, 6) is -0.569. The molecule has 17 heavy (non-hydrogen) atoms. The smallest absolute Gasteiger partial charge is 0.137 e. The van der Waals surface area contributed by atoms with E-state index in [0.29, 0.717) is 11.5 Å². The van der Waals surface area contributed by atoms with Crippen LogP contribution in [0.2, 0.25) is 0 Å². The molecule has 1 heterocycles. The van der Waals surface area contributed by atoms with Crippen molar-refractivity contribution in [2.24, 2.45) is 7.05 Å². The van der Waals surface area contributed by atoms with E-state index >= 15 is 0 Å². The second-order valence-electron chi connectivity index (χ2n) is 3.54. The third-order valence-corrected chi connectivity index (χ3v) is 3.19. The van der Waals surface area contributed by atoms with Gasteiger partial charge in [0.1, 0.15) is 17.5 Å². The average molecular weight is 255 g/mol. The highest BCUT2D eigenvalue weighted by molar-refractivity contribution is 7.98. The Bertz CT molecular complexity index is 547. The molecule has 2 N–H and O–H groups in total. The molecular formula is C11H11F2N3S. The number of hydrogen-bond acceptors (Lipinski definition) is 3. The Morgan fingerprint density at radius 1 is 1.24 bits per heavy atom. The minimum atomic E-state index is -0.506. The van der Waals surface area contributed by atoms with Gasteiger partial charge in [-0.3, -0.25) is 4.68 Å². The number of nitrogen functional groups attached to an aromatic ring is 1. The van der Waals surface area contributed by atoms with Crippen molar-refractivity contribution in [2.75, 3.05) is 12.0 Å². The fourth-order valence-corrected chi connectivity index (χ4v) is 1.97. The Morgan fingerprint density at radius 2 is 1.94 bits per heavy atom. The van der Waals surface area contributed by atoms with Gasteiger partial charge in [0.05, 0.1) is 5.69 Å². The van der Waals surface area contributed by atoms with Gasteiger partial charge in [0.2, 0.25) is 0 Å². The lowest BCUT2D eigenvalue weighted by molar-refractivity contribution is 0.579. The number of halogens is 2. The van der Waals surface area contributed by atoms with Gasteiger partial charge < -0.3 is 5.73 Å². The number of aryl methyl sites for hydroxylation is 1. The fraction of sp³-hybridized carbons (Fsp3) is 0.182. The normalized spacial score (nSPS) is 10.8. The van der Waals surface area contributed by atoms with E-state index in [4.69, 9.17) is 5.73 Å². The summed E-state index contributed by atoms with van der Waals surface area (Å²) in [6.07, 6.45) is 1.69. The van der Waals surface area contributed by atoms with E-state index in [2.05, 4.69) is 5.10 Å². The Hall–Kier alpha value is -1.56. The first-order valence-corrected chi connectivity index (χ1v) is 6.08. The van der Waals surface area contributed by atoms with Gasteiger partial charge in [-0.15, -0.1) is 11.8 Å². The maximum absolute atomic E-state index is 13.8. The van der Waals surface area contributed by atoms with Crippen LogP contribution in [0.1, 0.15) is 0 Å². The van der Waals surface area contributed by atoms with Crippen LogP contribution in [-0.4, -0.2) is 16.0 Å². The molecule has 0 unspecified atom stereocenters. The fourth-order valence-electron chi connectivity index (χ4n) is 1.49. The van der Waals surface area contributed by atoms with E-state index in [0.717, 1.165) is 17.8 Å². The monoisotopic (exact) mass is 255 g/mol. The lowest BCUT2D eigenvalue weighted by Crippen LogP contribution is -1.97. The highest BCUT2D eigenvalue weighted by Crippen LogP contribution is 2.29. The van der Waals surface area contributed by atoms with Gasteiger partial charge in [-0.2, -0.15) is 5.10 Å². The second-order valence-corrected chi connectivity index (χ2v) is 4.39. The highest BCUT2D eigenvalue weighted by Gasteiger charge is 2.14. The molecule has 3 nitrogen and oxygen atoms in total. The van der Waals surface area contributed by atoms with Crippen LogP contribution in [0.5, 0.6) is 0 Å². The molecule has 0 amide bonds. The molecule has 2 aromatic rings. The molecule has 0 saturated heterocycles. The molecule has 0 saturated carbocycles. The third-order valence-electron chi connectivity index (χ3n) is 2.43. The van der Waals surface area contributed by atoms with Crippen LogP contribution in [0.4, 0.5) is 14.6 Å². The summed E-state index contributed by atoms with van der Waals surface area (Å²) in [6, 6.07) is 3.82. The maximum Gasteiger partial charge on any atom is 0.137 e. The molecule has 0 bridgehead atoms. The molecule has 0 aliphatic carbocycles. The standard InChI is InChI=1S/C11H11F2N3S/c1-16-11(14)5-9(15-16)6-3-8(13)10(17-2)4-7(6)12/h3-5H,14H2,1-2H3. The van der Waals surface area contributed by atoms with Crippen LogP contribution in [-0.2, 0) is 7.05 Å². The number of nitrogens with two attached hydrogens (primary N) is 1. The van der Waals surface area contributed by atoms with Crippen molar-refractivity contribution in [2.45, 2.75) is 4.90 Å². The van der Waals surface area contributed by atoms with Crippen molar-refractivity contribution in [1.82, 2.24) is 9.78 Å². The van der Waals surface area contributed by atoms with E-state index in [1.807, 2.05) is 0 Å². The quantitative estimate of drug-likeness (QED) is 0.839. The topological polar surface area (TPSA) is 43.8 Å². The Balaban J connectivity index is 2.56. The van der Waals surface area contributed by atoms with Gasteiger partial charge in [-0.05, 0) is 18.4 Å². The third kappa shape index (κ3) is 2.12. The van der Waals surface area contributed by atoms with Gasteiger partial charge in [-0.1, -0.05) is 0 Å². The van der Waals surface area contributed by atoms with Gasteiger partial charge in [0.15, 0.2) is 0 Å². The zero-order chi connectivity index (χ0) is 12.6. The van der Waals surface area contributed by atoms with E-state index in [9.17, 15) is 8.78 Å².